The smallest absolute Gasteiger partial charge is 0.321 e. The van der Waals surface area contributed by atoms with E-state index in [0.717, 1.165) is 31.4 Å². The zero-order chi connectivity index (χ0) is 20.8. The Morgan fingerprint density at radius 1 is 1.00 bits per heavy atom. The summed E-state index contributed by atoms with van der Waals surface area (Å²) in [4.78, 5) is 25.0. The number of hydrogen-bond acceptors (Lipinski definition) is 3. The highest BCUT2D eigenvalue weighted by molar-refractivity contribution is 5.97. The van der Waals surface area contributed by atoms with Gasteiger partial charge < -0.3 is 5.32 Å². The fourth-order valence-electron chi connectivity index (χ4n) is 6.08. The van der Waals surface area contributed by atoms with Crippen LogP contribution in [0.5, 0.6) is 0 Å². The molecule has 4 bridgehead atoms. The lowest BCUT2D eigenvalue weighted by Gasteiger charge is -2.56. The molecule has 1 aromatic carbocycles. The zero-order valence-electron chi connectivity index (χ0n) is 16.9. The number of urea groups is 1. The van der Waals surface area contributed by atoms with Crippen LogP contribution in [-0.2, 0) is 4.79 Å². The molecule has 29 heavy (non-hydrogen) atoms. The molecule has 2 atom stereocenters. The maximum Gasteiger partial charge on any atom is 0.321 e. The molecular weight excluding hydrogens is 376 g/mol. The third-order valence-corrected chi connectivity index (χ3v) is 6.99. The minimum atomic E-state index is -0.928. The molecule has 0 aromatic heterocycles. The van der Waals surface area contributed by atoms with E-state index in [9.17, 15) is 18.4 Å². The van der Waals surface area contributed by atoms with E-state index in [2.05, 4.69) is 16.0 Å². The lowest BCUT2D eigenvalue weighted by molar-refractivity contribution is -0.121. The van der Waals surface area contributed by atoms with Crippen LogP contribution < -0.4 is 16.0 Å². The van der Waals surface area contributed by atoms with Crippen molar-refractivity contribution in [1.29, 1.82) is 0 Å². The van der Waals surface area contributed by atoms with Crippen LogP contribution in [-0.4, -0.2) is 23.5 Å². The standard InChI is InChI=1S/C22H29F2N3O2/c1-12(17-3-4-18(23)19(24)8-17)25-13(2)20(28)26-21(29)27-22-9-14-5-15(10-22)7-16(6-14)11-22/h3-4,8,12-16,25H,5-7,9-11H2,1-2H3,(H2,26,27,28,29)/t12-,13-,14?,15?,16?,22?/m1/s1. The minimum Gasteiger partial charge on any atom is -0.332 e. The van der Waals surface area contributed by atoms with Crippen LogP contribution in [0, 0.1) is 29.4 Å². The Morgan fingerprint density at radius 3 is 2.14 bits per heavy atom. The first kappa shape index (κ1) is 20.3. The maximum absolute atomic E-state index is 13.4. The molecule has 3 amide bonds. The molecule has 4 saturated carbocycles. The second-order valence-electron chi connectivity index (χ2n) is 9.42. The molecule has 0 heterocycles. The van der Waals surface area contributed by atoms with Gasteiger partial charge in [-0.05, 0) is 87.8 Å². The zero-order valence-corrected chi connectivity index (χ0v) is 16.9. The first-order valence-electron chi connectivity index (χ1n) is 10.6. The molecule has 1 aromatic rings. The highest BCUT2D eigenvalue weighted by atomic mass is 19.2. The van der Waals surface area contributed by atoms with Gasteiger partial charge in [-0.25, -0.2) is 13.6 Å². The molecule has 0 spiro atoms. The Morgan fingerprint density at radius 2 is 1.59 bits per heavy atom. The van der Waals surface area contributed by atoms with E-state index in [1.165, 1.54) is 25.3 Å². The number of rotatable bonds is 5. The summed E-state index contributed by atoms with van der Waals surface area (Å²) in [6, 6.07) is 2.16. The highest BCUT2D eigenvalue weighted by Gasteiger charge is 2.51. The predicted octanol–water partition coefficient (Wildman–Crippen LogP) is 3.80. The summed E-state index contributed by atoms with van der Waals surface area (Å²) >= 11 is 0. The monoisotopic (exact) mass is 405 g/mol. The maximum atomic E-state index is 13.4. The Kier molecular flexibility index (Phi) is 5.36. The van der Waals surface area contributed by atoms with E-state index in [1.807, 2.05) is 0 Å². The van der Waals surface area contributed by atoms with Crippen molar-refractivity contribution in [2.45, 2.75) is 70.0 Å². The van der Waals surface area contributed by atoms with E-state index in [4.69, 9.17) is 0 Å². The van der Waals surface area contributed by atoms with Gasteiger partial charge in [0, 0.05) is 11.6 Å². The van der Waals surface area contributed by atoms with Gasteiger partial charge in [0.15, 0.2) is 11.6 Å². The summed E-state index contributed by atoms with van der Waals surface area (Å²) in [5, 5.41) is 8.59. The molecule has 4 fully saturated rings. The number of amides is 3. The van der Waals surface area contributed by atoms with E-state index in [-0.39, 0.29) is 11.6 Å². The van der Waals surface area contributed by atoms with Gasteiger partial charge in [0.25, 0.3) is 0 Å². The van der Waals surface area contributed by atoms with Crippen LogP contribution in [0.3, 0.4) is 0 Å². The summed E-state index contributed by atoms with van der Waals surface area (Å²) < 4.78 is 26.5. The molecule has 0 unspecified atom stereocenters. The second-order valence-corrected chi connectivity index (χ2v) is 9.42. The molecule has 0 aliphatic heterocycles. The number of carbonyl (C=O) groups excluding carboxylic acids is 2. The van der Waals surface area contributed by atoms with Crippen LogP contribution in [0.15, 0.2) is 18.2 Å². The third kappa shape index (κ3) is 4.29. The van der Waals surface area contributed by atoms with Crippen molar-refractivity contribution in [3.63, 3.8) is 0 Å². The molecule has 4 aliphatic rings. The van der Waals surface area contributed by atoms with E-state index in [0.29, 0.717) is 23.3 Å². The van der Waals surface area contributed by atoms with Gasteiger partial charge in [-0.2, -0.15) is 0 Å². The SMILES string of the molecule is C[C@@H](N[C@H](C)c1ccc(F)c(F)c1)C(=O)NC(=O)NC12CC3CC(CC(C3)C1)C2. The Labute approximate surface area is 170 Å². The summed E-state index contributed by atoms with van der Waals surface area (Å²) in [6.45, 7) is 3.40. The average Bonchev–Trinajstić information content (AvgIpc) is 2.62. The fourth-order valence-corrected chi connectivity index (χ4v) is 6.08. The van der Waals surface area contributed by atoms with Gasteiger partial charge in [0.2, 0.25) is 5.91 Å². The van der Waals surface area contributed by atoms with Gasteiger partial charge >= 0.3 is 6.03 Å². The second kappa shape index (κ2) is 7.67. The average molecular weight is 405 g/mol. The van der Waals surface area contributed by atoms with E-state index in [1.54, 1.807) is 13.8 Å². The normalized spacial score (nSPS) is 31.9. The molecule has 0 saturated heterocycles. The van der Waals surface area contributed by atoms with E-state index >= 15 is 0 Å². The Bertz CT molecular complexity index is 778. The minimum absolute atomic E-state index is 0.158. The summed E-state index contributed by atoms with van der Waals surface area (Å²) in [5.74, 6) is -0.169. The predicted molar refractivity (Wildman–Crippen MR) is 105 cm³/mol. The molecule has 5 nitrogen and oxygen atoms in total. The van der Waals surface area contributed by atoms with Crippen LogP contribution in [0.1, 0.15) is 64.0 Å². The number of carbonyl (C=O) groups is 2. The lowest BCUT2D eigenvalue weighted by atomic mass is 9.53. The quantitative estimate of drug-likeness (QED) is 0.698. The fraction of sp³-hybridized carbons (Fsp3) is 0.636. The molecule has 5 rings (SSSR count). The number of halogens is 2. The van der Waals surface area contributed by atoms with Crippen LogP contribution in [0.2, 0.25) is 0 Å². The highest BCUT2D eigenvalue weighted by Crippen LogP contribution is 2.55. The first-order valence-corrected chi connectivity index (χ1v) is 10.6. The van der Waals surface area contributed by atoms with Crippen molar-refractivity contribution in [3.05, 3.63) is 35.4 Å². The van der Waals surface area contributed by atoms with Crippen molar-refractivity contribution in [1.82, 2.24) is 16.0 Å². The van der Waals surface area contributed by atoms with Crippen LogP contribution in [0.4, 0.5) is 13.6 Å². The number of hydrogen-bond donors (Lipinski definition) is 3. The van der Waals surface area contributed by atoms with Gasteiger partial charge in [0.1, 0.15) is 0 Å². The van der Waals surface area contributed by atoms with Crippen molar-refractivity contribution in [2.24, 2.45) is 17.8 Å². The lowest BCUT2D eigenvalue weighted by Crippen LogP contribution is -2.62. The largest absolute Gasteiger partial charge is 0.332 e. The van der Waals surface area contributed by atoms with Crippen molar-refractivity contribution < 1.29 is 18.4 Å². The third-order valence-electron chi connectivity index (χ3n) is 6.99. The van der Waals surface area contributed by atoms with Crippen molar-refractivity contribution in [2.75, 3.05) is 0 Å². The van der Waals surface area contributed by atoms with Gasteiger partial charge in [-0.3, -0.25) is 15.4 Å². The Balaban J connectivity index is 1.30. The number of nitrogens with one attached hydrogen (secondary N) is 3. The van der Waals surface area contributed by atoms with Crippen molar-refractivity contribution >= 4 is 11.9 Å². The summed E-state index contributed by atoms with van der Waals surface area (Å²) in [7, 11) is 0. The van der Waals surface area contributed by atoms with E-state index < -0.39 is 29.6 Å². The molecule has 158 valence electrons. The summed E-state index contributed by atoms with van der Waals surface area (Å²) in [6.07, 6.45) is 6.89. The first-order chi connectivity index (χ1) is 13.7. The van der Waals surface area contributed by atoms with Gasteiger partial charge in [-0.15, -0.1) is 0 Å². The van der Waals surface area contributed by atoms with Crippen LogP contribution in [0.25, 0.3) is 0 Å². The molecule has 3 N–H and O–H groups in total. The molecule has 0 radical (unpaired) electrons. The number of imide groups is 1. The number of benzene rings is 1. The van der Waals surface area contributed by atoms with Crippen LogP contribution >= 0.6 is 0 Å². The van der Waals surface area contributed by atoms with Crippen molar-refractivity contribution in [3.8, 4) is 0 Å². The molecular formula is C22H29F2N3O2. The molecule has 7 heteroatoms. The molecule has 4 aliphatic carbocycles. The van der Waals surface area contributed by atoms with Gasteiger partial charge in [-0.1, -0.05) is 6.07 Å². The summed E-state index contributed by atoms with van der Waals surface area (Å²) in [5.41, 5.74) is 0.371. The topological polar surface area (TPSA) is 70.2 Å². The Hall–Kier alpha value is -2.02. The van der Waals surface area contributed by atoms with Gasteiger partial charge in [0.05, 0.1) is 6.04 Å².